The third-order valence-corrected chi connectivity index (χ3v) is 3.41. The van der Waals surface area contributed by atoms with Crippen molar-refractivity contribution < 1.29 is 13.2 Å². The van der Waals surface area contributed by atoms with E-state index < -0.39 is 11.3 Å². The summed E-state index contributed by atoms with van der Waals surface area (Å²) in [7, 11) is 0. The van der Waals surface area contributed by atoms with Crippen molar-refractivity contribution in [2.24, 2.45) is 0 Å². The lowest BCUT2D eigenvalue weighted by molar-refractivity contribution is 0.549. The van der Waals surface area contributed by atoms with Gasteiger partial charge in [-0.15, -0.1) is 11.3 Å². The van der Waals surface area contributed by atoms with Crippen LogP contribution in [-0.2, 0) is 17.8 Å². The van der Waals surface area contributed by atoms with Crippen LogP contribution in [0.5, 0.6) is 0 Å². The van der Waals surface area contributed by atoms with Crippen LogP contribution in [0.15, 0.2) is 23.6 Å². The molecule has 0 fully saturated rings. The molecule has 80 valence electrons. The second-order valence-corrected chi connectivity index (χ2v) is 4.67. The van der Waals surface area contributed by atoms with Crippen molar-refractivity contribution in [1.82, 2.24) is 4.72 Å². The predicted molar refractivity (Wildman–Crippen MR) is 59.4 cm³/mol. The molecule has 0 aliphatic rings. The van der Waals surface area contributed by atoms with E-state index in [0.717, 1.165) is 15.6 Å². The Morgan fingerprint density at radius 2 is 2.33 bits per heavy atom. The number of nitrogens with one attached hydrogen (secondary N) is 1. The monoisotopic (exact) mass is 245 g/mol. The van der Waals surface area contributed by atoms with Gasteiger partial charge in [0.2, 0.25) is 11.3 Å². The summed E-state index contributed by atoms with van der Waals surface area (Å²) in [5.74, 6) is -0.299. The SMILES string of the molecule is O=S(O)NCc1csc2ccc(F)cc12. The maximum Gasteiger partial charge on any atom is 0.232 e. The van der Waals surface area contributed by atoms with Gasteiger partial charge in [-0.05, 0) is 34.5 Å². The predicted octanol–water partition coefficient (Wildman–Crippen LogP) is 2.27. The molecule has 0 saturated carbocycles. The molecule has 1 aromatic carbocycles. The second-order valence-electron chi connectivity index (χ2n) is 2.97. The van der Waals surface area contributed by atoms with Crippen LogP contribution in [0.1, 0.15) is 5.56 Å². The van der Waals surface area contributed by atoms with E-state index in [1.807, 2.05) is 5.38 Å². The van der Waals surface area contributed by atoms with Crippen LogP contribution in [-0.4, -0.2) is 8.76 Å². The average Bonchev–Trinajstić information content (AvgIpc) is 2.57. The molecule has 1 aromatic heterocycles. The molecule has 1 unspecified atom stereocenters. The van der Waals surface area contributed by atoms with Gasteiger partial charge in [-0.3, -0.25) is 4.55 Å². The molecule has 0 amide bonds. The molecular formula is C9H8FNO2S2. The zero-order valence-electron chi connectivity index (χ0n) is 7.57. The molecule has 0 radical (unpaired) electrons. The van der Waals surface area contributed by atoms with Gasteiger partial charge in [-0.2, -0.15) is 0 Å². The maximum atomic E-state index is 13.0. The van der Waals surface area contributed by atoms with E-state index in [1.165, 1.54) is 23.5 Å². The van der Waals surface area contributed by atoms with Gasteiger partial charge in [0, 0.05) is 11.2 Å². The Kier molecular flexibility index (Phi) is 3.11. The summed E-state index contributed by atoms with van der Waals surface area (Å²) >= 11 is -0.551. The van der Waals surface area contributed by atoms with Gasteiger partial charge in [0.05, 0.1) is 0 Å². The Hall–Kier alpha value is -0.820. The summed E-state index contributed by atoms with van der Waals surface area (Å²) in [6.45, 7) is 0.257. The number of benzene rings is 1. The number of fused-ring (bicyclic) bond motifs is 1. The largest absolute Gasteiger partial charge is 0.294 e. The van der Waals surface area contributed by atoms with E-state index in [2.05, 4.69) is 4.72 Å². The van der Waals surface area contributed by atoms with E-state index in [0.29, 0.717) is 0 Å². The third kappa shape index (κ3) is 2.40. The Balaban J connectivity index is 2.35. The van der Waals surface area contributed by atoms with Gasteiger partial charge < -0.3 is 0 Å². The number of hydrogen-bond acceptors (Lipinski definition) is 2. The first-order chi connectivity index (χ1) is 7.16. The Morgan fingerprint density at radius 1 is 1.53 bits per heavy atom. The zero-order valence-corrected chi connectivity index (χ0v) is 9.20. The average molecular weight is 245 g/mol. The highest BCUT2D eigenvalue weighted by Crippen LogP contribution is 2.26. The molecule has 2 rings (SSSR count). The van der Waals surface area contributed by atoms with Gasteiger partial charge in [-0.1, -0.05) is 0 Å². The molecule has 0 saturated heterocycles. The molecule has 2 aromatic rings. The van der Waals surface area contributed by atoms with Gasteiger partial charge in [0.1, 0.15) is 5.82 Å². The van der Waals surface area contributed by atoms with Crippen molar-refractivity contribution in [2.45, 2.75) is 6.54 Å². The van der Waals surface area contributed by atoms with Crippen LogP contribution < -0.4 is 4.72 Å². The first kappa shape index (κ1) is 10.7. The fraction of sp³-hybridized carbons (Fsp3) is 0.111. The number of rotatable bonds is 3. The highest BCUT2D eigenvalue weighted by Gasteiger charge is 2.05. The second kappa shape index (κ2) is 4.36. The van der Waals surface area contributed by atoms with Crippen LogP contribution in [0.4, 0.5) is 4.39 Å². The Labute approximate surface area is 92.3 Å². The molecule has 0 spiro atoms. The lowest BCUT2D eigenvalue weighted by Gasteiger charge is -1.98. The molecule has 6 heteroatoms. The van der Waals surface area contributed by atoms with Crippen molar-refractivity contribution in [1.29, 1.82) is 0 Å². The summed E-state index contributed by atoms with van der Waals surface area (Å²) in [6, 6.07) is 4.54. The minimum absolute atomic E-state index is 0.257. The fourth-order valence-corrected chi connectivity index (χ4v) is 2.55. The summed E-state index contributed by atoms with van der Waals surface area (Å²) in [5, 5.41) is 2.64. The van der Waals surface area contributed by atoms with Crippen molar-refractivity contribution in [3.05, 3.63) is 35.0 Å². The normalized spacial score (nSPS) is 13.2. The Morgan fingerprint density at radius 3 is 3.07 bits per heavy atom. The summed E-state index contributed by atoms with van der Waals surface area (Å²) in [6.07, 6.45) is 0. The van der Waals surface area contributed by atoms with E-state index >= 15 is 0 Å². The van der Waals surface area contributed by atoms with Crippen molar-refractivity contribution >= 4 is 32.7 Å². The van der Waals surface area contributed by atoms with Gasteiger partial charge in [-0.25, -0.2) is 13.3 Å². The zero-order chi connectivity index (χ0) is 10.8. The molecular weight excluding hydrogens is 237 g/mol. The van der Waals surface area contributed by atoms with E-state index in [4.69, 9.17) is 4.55 Å². The van der Waals surface area contributed by atoms with Crippen molar-refractivity contribution in [3.8, 4) is 0 Å². The molecule has 15 heavy (non-hydrogen) atoms. The van der Waals surface area contributed by atoms with Gasteiger partial charge in [0.15, 0.2) is 0 Å². The molecule has 0 aliphatic heterocycles. The van der Waals surface area contributed by atoms with E-state index in [9.17, 15) is 8.60 Å². The molecule has 1 atom stereocenters. The van der Waals surface area contributed by atoms with Crippen LogP contribution >= 0.6 is 11.3 Å². The summed E-state index contributed by atoms with van der Waals surface area (Å²) < 4.78 is 35.3. The highest BCUT2D eigenvalue weighted by molar-refractivity contribution is 7.77. The minimum atomic E-state index is -2.04. The van der Waals surface area contributed by atoms with Crippen molar-refractivity contribution in [2.75, 3.05) is 0 Å². The van der Waals surface area contributed by atoms with E-state index in [1.54, 1.807) is 6.07 Å². The molecule has 3 nitrogen and oxygen atoms in total. The topological polar surface area (TPSA) is 49.3 Å². The summed E-state index contributed by atoms with van der Waals surface area (Å²) in [5.41, 5.74) is 0.830. The van der Waals surface area contributed by atoms with Gasteiger partial charge in [0.25, 0.3) is 0 Å². The number of thiophene rings is 1. The lowest BCUT2D eigenvalue weighted by atomic mass is 10.2. The minimum Gasteiger partial charge on any atom is -0.294 e. The third-order valence-electron chi connectivity index (χ3n) is 2.00. The number of halogens is 1. The molecule has 2 N–H and O–H groups in total. The highest BCUT2D eigenvalue weighted by atomic mass is 32.2. The number of hydrogen-bond donors (Lipinski definition) is 2. The maximum absolute atomic E-state index is 13.0. The Bertz CT molecular complexity index is 512. The van der Waals surface area contributed by atoms with Crippen LogP contribution in [0.25, 0.3) is 10.1 Å². The van der Waals surface area contributed by atoms with E-state index in [-0.39, 0.29) is 12.4 Å². The van der Waals surface area contributed by atoms with Crippen molar-refractivity contribution in [3.63, 3.8) is 0 Å². The molecule has 0 aliphatic carbocycles. The standard InChI is InChI=1S/C9H8FNO2S2/c10-7-1-2-9-8(3-7)6(5-14-9)4-11-15(12)13/h1-3,5,11H,4H2,(H,12,13). The van der Waals surface area contributed by atoms with Crippen LogP contribution in [0.2, 0.25) is 0 Å². The first-order valence-corrected chi connectivity index (χ1v) is 6.15. The van der Waals surface area contributed by atoms with Crippen LogP contribution in [0.3, 0.4) is 0 Å². The molecule has 1 heterocycles. The molecule has 0 bridgehead atoms. The summed E-state index contributed by atoms with van der Waals surface area (Å²) in [4.78, 5) is 0. The first-order valence-electron chi connectivity index (χ1n) is 4.17. The van der Waals surface area contributed by atoms with Crippen LogP contribution in [0, 0.1) is 5.82 Å². The van der Waals surface area contributed by atoms with Gasteiger partial charge >= 0.3 is 0 Å². The quantitative estimate of drug-likeness (QED) is 0.815. The fourth-order valence-electron chi connectivity index (χ4n) is 1.33. The smallest absolute Gasteiger partial charge is 0.232 e. The lowest BCUT2D eigenvalue weighted by Crippen LogP contribution is -2.14.